The molecule has 1 aromatic heterocycles. The lowest BCUT2D eigenvalue weighted by molar-refractivity contribution is 0.000419. The summed E-state index contributed by atoms with van der Waals surface area (Å²) < 4.78 is 0. The van der Waals surface area contributed by atoms with Crippen LogP contribution < -0.4 is 4.90 Å². The number of urea groups is 1. The minimum absolute atomic E-state index is 0.0213. The first-order valence-corrected chi connectivity index (χ1v) is 12.4. The van der Waals surface area contributed by atoms with E-state index in [-0.39, 0.29) is 28.3 Å². The Kier molecular flexibility index (Phi) is 5.60. The third kappa shape index (κ3) is 3.65. The van der Waals surface area contributed by atoms with Gasteiger partial charge < -0.3 is 4.90 Å². The Labute approximate surface area is 202 Å². The molecule has 2 heterocycles. The summed E-state index contributed by atoms with van der Waals surface area (Å²) in [6.07, 6.45) is 10.7. The lowest BCUT2D eigenvalue weighted by atomic mass is 9.66. The van der Waals surface area contributed by atoms with E-state index >= 15 is 0 Å². The Morgan fingerprint density at radius 1 is 1.03 bits per heavy atom. The van der Waals surface area contributed by atoms with Gasteiger partial charge in [0.05, 0.1) is 30.2 Å². The Bertz CT molecular complexity index is 1080. The average Bonchev–Trinajstić information content (AvgIpc) is 3.10. The topological polar surface area (TPSA) is 76.4 Å². The summed E-state index contributed by atoms with van der Waals surface area (Å²) >= 11 is 0. The van der Waals surface area contributed by atoms with Gasteiger partial charge in [-0.2, -0.15) is 5.26 Å². The Morgan fingerprint density at radius 2 is 1.68 bits per heavy atom. The maximum atomic E-state index is 13.8. The van der Waals surface area contributed by atoms with Crippen LogP contribution in [0.1, 0.15) is 63.3 Å². The molecule has 0 bridgehead atoms. The quantitative estimate of drug-likeness (QED) is 0.657. The molecule has 7 nitrogen and oxygen atoms in total. The lowest BCUT2D eigenvalue weighted by Gasteiger charge is -2.53. The number of hydrogen-bond donors (Lipinski definition) is 0. The maximum Gasteiger partial charge on any atom is 0.325 e. The summed E-state index contributed by atoms with van der Waals surface area (Å²) in [7, 11) is 4.36. The third-order valence-corrected chi connectivity index (χ3v) is 8.81. The second kappa shape index (κ2) is 8.35. The highest BCUT2D eigenvalue weighted by Gasteiger charge is 2.56. The summed E-state index contributed by atoms with van der Waals surface area (Å²) in [5.74, 6) is 0.125. The van der Waals surface area contributed by atoms with Crippen molar-refractivity contribution < 1.29 is 4.79 Å². The van der Waals surface area contributed by atoms with Crippen LogP contribution in [0.2, 0.25) is 0 Å². The SMILES string of the molecule is CN(C)C1(c2ccccc2)CCC2(CC1)CN(c1cnc(C#N)nc1)C(=O)N2CC1(C)CCC1. The smallest absolute Gasteiger partial charge is 0.316 e. The van der Waals surface area contributed by atoms with Crippen molar-refractivity contribution in [2.45, 2.75) is 62.9 Å². The van der Waals surface area contributed by atoms with Crippen molar-refractivity contribution in [1.82, 2.24) is 19.8 Å². The van der Waals surface area contributed by atoms with Gasteiger partial charge in [-0.25, -0.2) is 14.8 Å². The number of amides is 2. The van der Waals surface area contributed by atoms with Crippen LogP contribution in [0.4, 0.5) is 10.5 Å². The van der Waals surface area contributed by atoms with Crippen molar-refractivity contribution in [2.75, 3.05) is 32.1 Å². The zero-order valence-corrected chi connectivity index (χ0v) is 20.5. The Morgan fingerprint density at radius 3 is 2.21 bits per heavy atom. The number of carbonyl (C=O) groups is 1. The fourth-order valence-corrected chi connectivity index (χ4v) is 6.37. The minimum atomic E-state index is -0.197. The van der Waals surface area contributed by atoms with Gasteiger partial charge in [0, 0.05) is 12.1 Å². The fourth-order valence-electron chi connectivity index (χ4n) is 6.37. The van der Waals surface area contributed by atoms with Gasteiger partial charge in [-0.05, 0) is 63.6 Å². The van der Waals surface area contributed by atoms with E-state index in [0.717, 1.165) is 32.2 Å². The van der Waals surface area contributed by atoms with E-state index in [9.17, 15) is 4.79 Å². The highest BCUT2D eigenvalue weighted by Crippen LogP contribution is 2.51. The monoisotopic (exact) mass is 458 g/mol. The highest BCUT2D eigenvalue weighted by molar-refractivity contribution is 5.95. The number of rotatable bonds is 5. The predicted molar refractivity (Wildman–Crippen MR) is 131 cm³/mol. The number of nitrogens with zero attached hydrogens (tertiary/aromatic N) is 6. The van der Waals surface area contributed by atoms with E-state index < -0.39 is 0 Å². The van der Waals surface area contributed by atoms with Gasteiger partial charge in [0.2, 0.25) is 5.82 Å². The highest BCUT2D eigenvalue weighted by atomic mass is 16.2. The number of carbonyl (C=O) groups excluding carboxylic acids is 1. The first-order valence-electron chi connectivity index (χ1n) is 12.4. The molecule has 2 saturated carbocycles. The zero-order valence-electron chi connectivity index (χ0n) is 20.5. The summed E-state index contributed by atoms with van der Waals surface area (Å²) in [5.41, 5.74) is 2.02. The molecule has 0 radical (unpaired) electrons. The molecule has 5 rings (SSSR count). The van der Waals surface area contributed by atoms with Crippen molar-refractivity contribution in [1.29, 1.82) is 5.26 Å². The molecule has 1 aliphatic heterocycles. The lowest BCUT2D eigenvalue weighted by Crippen LogP contribution is -2.57. The molecule has 34 heavy (non-hydrogen) atoms. The number of anilines is 1. The third-order valence-electron chi connectivity index (χ3n) is 8.81. The first-order chi connectivity index (χ1) is 16.3. The number of benzene rings is 1. The van der Waals surface area contributed by atoms with Crippen LogP contribution in [0, 0.1) is 16.7 Å². The second-order valence-electron chi connectivity index (χ2n) is 11.0. The predicted octanol–water partition coefficient (Wildman–Crippen LogP) is 4.55. The van der Waals surface area contributed by atoms with Gasteiger partial charge in [0.15, 0.2) is 0 Å². The van der Waals surface area contributed by atoms with E-state index in [1.807, 2.05) is 11.0 Å². The van der Waals surface area contributed by atoms with Crippen molar-refractivity contribution in [2.24, 2.45) is 5.41 Å². The van der Waals surface area contributed by atoms with Gasteiger partial charge in [-0.3, -0.25) is 9.80 Å². The molecule has 0 atom stereocenters. The maximum absolute atomic E-state index is 13.8. The molecule has 2 aromatic rings. The summed E-state index contributed by atoms with van der Waals surface area (Å²) in [6, 6.07) is 12.8. The van der Waals surface area contributed by atoms with E-state index in [4.69, 9.17) is 5.26 Å². The molecule has 2 amide bonds. The molecule has 7 heteroatoms. The van der Waals surface area contributed by atoms with Crippen LogP contribution in [-0.2, 0) is 5.54 Å². The molecule has 3 aliphatic rings. The van der Waals surface area contributed by atoms with E-state index in [2.05, 4.69) is 71.1 Å². The number of aromatic nitrogens is 2. The summed E-state index contributed by atoms with van der Waals surface area (Å²) in [6.45, 7) is 3.77. The van der Waals surface area contributed by atoms with Crippen molar-refractivity contribution >= 4 is 11.7 Å². The van der Waals surface area contributed by atoms with Gasteiger partial charge in [-0.1, -0.05) is 43.7 Å². The van der Waals surface area contributed by atoms with Crippen LogP contribution in [0.5, 0.6) is 0 Å². The van der Waals surface area contributed by atoms with Gasteiger partial charge >= 0.3 is 6.03 Å². The molecule has 0 N–H and O–H groups in total. The molecule has 1 spiro atoms. The molecule has 0 unspecified atom stereocenters. The first kappa shape index (κ1) is 22.8. The van der Waals surface area contributed by atoms with Crippen LogP contribution in [-0.4, -0.2) is 58.5 Å². The van der Waals surface area contributed by atoms with E-state index in [1.165, 1.54) is 24.8 Å². The average molecular weight is 459 g/mol. The van der Waals surface area contributed by atoms with E-state index in [0.29, 0.717) is 12.2 Å². The Hall–Kier alpha value is -2.98. The van der Waals surface area contributed by atoms with Gasteiger partial charge in [0.25, 0.3) is 0 Å². The zero-order chi connectivity index (χ0) is 24.0. The molecular weight excluding hydrogens is 424 g/mol. The number of nitriles is 1. The molecule has 3 fully saturated rings. The van der Waals surface area contributed by atoms with Gasteiger partial charge in [-0.15, -0.1) is 0 Å². The van der Waals surface area contributed by atoms with Gasteiger partial charge in [0.1, 0.15) is 6.07 Å². The van der Waals surface area contributed by atoms with Crippen LogP contribution in [0.25, 0.3) is 0 Å². The van der Waals surface area contributed by atoms with Crippen LogP contribution in [0.15, 0.2) is 42.7 Å². The van der Waals surface area contributed by atoms with Crippen LogP contribution >= 0.6 is 0 Å². The van der Waals surface area contributed by atoms with Crippen molar-refractivity contribution in [3.63, 3.8) is 0 Å². The molecule has 1 aromatic carbocycles. The summed E-state index contributed by atoms with van der Waals surface area (Å²) in [4.78, 5) is 28.5. The second-order valence-corrected chi connectivity index (χ2v) is 11.0. The molecular formula is C27H34N6O. The molecule has 2 aliphatic carbocycles. The summed E-state index contributed by atoms with van der Waals surface area (Å²) in [5, 5.41) is 9.07. The van der Waals surface area contributed by atoms with Crippen molar-refractivity contribution in [3.05, 3.63) is 54.1 Å². The fraction of sp³-hybridized carbons (Fsp3) is 0.556. The van der Waals surface area contributed by atoms with E-state index in [1.54, 1.807) is 12.4 Å². The normalized spacial score (nSPS) is 28.3. The van der Waals surface area contributed by atoms with Crippen molar-refractivity contribution in [3.8, 4) is 6.07 Å². The minimum Gasteiger partial charge on any atom is -0.316 e. The van der Waals surface area contributed by atoms with Crippen LogP contribution in [0.3, 0.4) is 0 Å². The Balaban J connectivity index is 1.46. The number of hydrogen-bond acceptors (Lipinski definition) is 5. The standard InChI is InChI=1S/C27H34N6O/c1-25(10-7-11-25)19-33-24(34)32(22-17-29-23(16-28)30-18-22)20-26(33)12-14-27(15-13-26,31(2)3)21-8-5-4-6-9-21/h4-6,8-9,17-18H,7,10-15,19-20H2,1-3H3. The molecule has 1 saturated heterocycles. The molecule has 178 valence electrons. The largest absolute Gasteiger partial charge is 0.325 e.